The second-order valence-electron chi connectivity index (χ2n) is 5.51. The van der Waals surface area contributed by atoms with E-state index in [1.54, 1.807) is 0 Å². The van der Waals surface area contributed by atoms with Crippen molar-refractivity contribution in [2.24, 2.45) is 5.73 Å². The zero-order chi connectivity index (χ0) is 13.7. The summed E-state index contributed by atoms with van der Waals surface area (Å²) in [6, 6.07) is 0.0196. The van der Waals surface area contributed by atoms with Gasteiger partial charge in [0, 0.05) is 25.7 Å². The van der Waals surface area contributed by atoms with Crippen LogP contribution in [0.5, 0.6) is 0 Å². The third-order valence-corrected chi connectivity index (χ3v) is 4.04. The first-order valence-corrected chi connectivity index (χ1v) is 7.49. The fourth-order valence-corrected chi connectivity index (χ4v) is 2.81. The maximum Gasteiger partial charge on any atom is 0.220 e. The van der Waals surface area contributed by atoms with Crippen molar-refractivity contribution >= 4 is 5.91 Å². The molecule has 0 spiro atoms. The van der Waals surface area contributed by atoms with Crippen molar-refractivity contribution in [3.8, 4) is 0 Å². The van der Waals surface area contributed by atoms with E-state index < -0.39 is 0 Å². The molecule has 0 aromatic carbocycles. The van der Waals surface area contributed by atoms with Gasteiger partial charge >= 0.3 is 0 Å². The maximum atomic E-state index is 11.9. The largest absolute Gasteiger partial charge is 0.378 e. The molecule has 1 aliphatic heterocycles. The van der Waals surface area contributed by atoms with Crippen molar-refractivity contribution in [1.82, 2.24) is 5.32 Å². The molecule has 0 radical (unpaired) electrons. The van der Waals surface area contributed by atoms with Crippen LogP contribution in [0.1, 0.15) is 45.4 Å². The molecule has 1 aliphatic carbocycles. The molecule has 1 saturated heterocycles. The van der Waals surface area contributed by atoms with Crippen molar-refractivity contribution < 1.29 is 14.3 Å². The molecule has 19 heavy (non-hydrogen) atoms. The van der Waals surface area contributed by atoms with Gasteiger partial charge in [-0.2, -0.15) is 0 Å². The molecular weight excluding hydrogens is 244 g/mol. The summed E-state index contributed by atoms with van der Waals surface area (Å²) in [6.07, 6.45) is 5.97. The molecule has 5 heteroatoms. The highest BCUT2D eigenvalue weighted by Gasteiger charge is 2.40. The zero-order valence-corrected chi connectivity index (χ0v) is 11.8. The minimum absolute atomic E-state index is 0.0141. The van der Waals surface area contributed by atoms with Crippen LogP contribution in [-0.4, -0.2) is 43.4 Å². The van der Waals surface area contributed by atoms with E-state index in [0.717, 1.165) is 32.3 Å². The number of hydrogen-bond acceptors (Lipinski definition) is 4. The Morgan fingerprint density at radius 3 is 2.95 bits per heavy atom. The summed E-state index contributed by atoms with van der Waals surface area (Å²) in [5, 5.41) is 3.00. The van der Waals surface area contributed by atoms with Crippen LogP contribution < -0.4 is 11.1 Å². The van der Waals surface area contributed by atoms with Crippen LogP contribution in [0.4, 0.5) is 0 Å². The summed E-state index contributed by atoms with van der Waals surface area (Å²) in [4.78, 5) is 11.9. The molecule has 5 nitrogen and oxygen atoms in total. The average molecular weight is 270 g/mol. The van der Waals surface area contributed by atoms with Gasteiger partial charge in [-0.05, 0) is 39.0 Å². The van der Waals surface area contributed by atoms with Gasteiger partial charge in [-0.1, -0.05) is 0 Å². The van der Waals surface area contributed by atoms with Gasteiger partial charge in [-0.15, -0.1) is 0 Å². The standard InChI is InChI=1S/C14H26N2O3/c1-2-18-12-9-11(15)14(12)16-13(17)7-6-10-5-3-4-8-19-10/h10-12,14H,2-9,15H2,1H3,(H,16,17). The van der Waals surface area contributed by atoms with Crippen LogP contribution in [0.15, 0.2) is 0 Å². The zero-order valence-electron chi connectivity index (χ0n) is 11.8. The molecule has 2 aliphatic rings. The van der Waals surface area contributed by atoms with Crippen LogP contribution in [-0.2, 0) is 14.3 Å². The second-order valence-corrected chi connectivity index (χ2v) is 5.51. The number of nitrogens with two attached hydrogens (primary N) is 1. The number of ether oxygens (including phenoxy) is 2. The van der Waals surface area contributed by atoms with Gasteiger partial charge < -0.3 is 20.5 Å². The van der Waals surface area contributed by atoms with E-state index in [1.807, 2.05) is 6.92 Å². The maximum absolute atomic E-state index is 11.9. The van der Waals surface area contributed by atoms with Crippen LogP contribution in [0.2, 0.25) is 0 Å². The highest BCUT2D eigenvalue weighted by Crippen LogP contribution is 2.23. The van der Waals surface area contributed by atoms with Gasteiger partial charge in [0.05, 0.1) is 18.2 Å². The van der Waals surface area contributed by atoms with Gasteiger partial charge in [0.15, 0.2) is 0 Å². The topological polar surface area (TPSA) is 73.6 Å². The molecule has 1 amide bonds. The predicted octanol–water partition coefficient (Wildman–Crippen LogP) is 0.957. The first-order chi connectivity index (χ1) is 9.20. The summed E-state index contributed by atoms with van der Waals surface area (Å²) in [5.74, 6) is 0.0685. The highest BCUT2D eigenvalue weighted by atomic mass is 16.5. The Labute approximate surface area is 115 Å². The Kier molecular flexibility index (Phi) is 5.60. The van der Waals surface area contributed by atoms with Gasteiger partial charge in [0.2, 0.25) is 5.91 Å². The Balaban J connectivity index is 1.65. The van der Waals surface area contributed by atoms with E-state index in [0.29, 0.717) is 13.0 Å². The number of nitrogens with one attached hydrogen (secondary N) is 1. The predicted molar refractivity (Wildman–Crippen MR) is 72.8 cm³/mol. The second kappa shape index (κ2) is 7.22. The van der Waals surface area contributed by atoms with Crippen molar-refractivity contribution in [3.63, 3.8) is 0 Å². The average Bonchev–Trinajstić information content (AvgIpc) is 2.43. The Bertz CT molecular complexity index is 290. The smallest absolute Gasteiger partial charge is 0.220 e. The third kappa shape index (κ3) is 4.16. The van der Waals surface area contributed by atoms with E-state index in [1.165, 1.54) is 6.42 Å². The molecule has 0 aromatic heterocycles. The number of carbonyl (C=O) groups is 1. The van der Waals surface area contributed by atoms with Gasteiger partial charge in [-0.3, -0.25) is 4.79 Å². The quantitative estimate of drug-likeness (QED) is 0.754. The van der Waals surface area contributed by atoms with Gasteiger partial charge in [-0.25, -0.2) is 0 Å². The normalized spacial score (nSPS) is 34.6. The lowest BCUT2D eigenvalue weighted by Crippen LogP contribution is -2.64. The van der Waals surface area contributed by atoms with E-state index in [9.17, 15) is 4.79 Å². The minimum atomic E-state index is -0.0141. The lowest BCUT2D eigenvalue weighted by Gasteiger charge is -2.42. The molecular formula is C14H26N2O3. The first-order valence-electron chi connectivity index (χ1n) is 7.49. The van der Waals surface area contributed by atoms with Crippen molar-refractivity contribution in [3.05, 3.63) is 0 Å². The molecule has 2 fully saturated rings. The Morgan fingerprint density at radius 1 is 1.47 bits per heavy atom. The van der Waals surface area contributed by atoms with Gasteiger partial charge in [0.25, 0.3) is 0 Å². The number of hydrogen-bond donors (Lipinski definition) is 2. The number of rotatable bonds is 6. The monoisotopic (exact) mass is 270 g/mol. The van der Waals surface area contributed by atoms with E-state index >= 15 is 0 Å². The van der Waals surface area contributed by atoms with Gasteiger partial charge in [0.1, 0.15) is 0 Å². The fraction of sp³-hybridized carbons (Fsp3) is 0.929. The lowest BCUT2D eigenvalue weighted by atomic mass is 9.83. The molecule has 1 heterocycles. The molecule has 0 aromatic rings. The molecule has 4 unspecified atom stereocenters. The first kappa shape index (κ1) is 14.8. The molecule has 110 valence electrons. The summed E-state index contributed by atoms with van der Waals surface area (Å²) < 4.78 is 11.2. The summed E-state index contributed by atoms with van der Waals surface area (Å²) in [7, 11) is 0. The van der Waals surface area contributed by atoms with E-state index in [-0.39, 0.29) is 30.2 Å². The van der Waals surface area contributed by atoms with Crippen LogP contribution in [0.3, 0.4) is 0 Å². The minimum Gasteiger partial charge on any atom is -0.378 e. The molecule has 2 rings (SSSR count). The highest BCUT2D eigenvalue weighted by molar-refractivity contribution is 5.76. The summed E-state index contributed by atoms with van der Waals surface area (Å²) in [6.45, 7) is 3.47. The van der Waals surface area contributed by atoms with Crippen molar-refractivity contribution in [2.75, 3.05) is 13.2 Å². The van der Waals surface area contributed by atoms with Crippen LogP contribution >= 0.6 is 0 Å². The van der Waals surface area contributed by atoms with Crippen LogP contribution in [0, 0.1) is 0 Å². The van der Waals surface area contributed by atoms with E-state index in [4.69, 9.17) is 15.2 Å². The molecule has 1 saturated carbocycles. The Hall–Kier alpha value is -0.650. The SMILES string of the molecule is CCOC1CC(N)C1NC(=O)CCC1CCCCO1. The van der Waals surface area contributed by atoms with Crippen molar-refractivity contribution in [1.29, 1.82) is 0 Å². The summed E-state index contributed by atoms with van der Waals surface area (Å²) >= 11 is 0. The van der Waals surface area contributed by atoms with Crippen LogP contribution in [0.25, 0.3) is 0 Å². The number of carbonyl (C=O) groups excluding carboxylic acids is 1. The molecule has 3 N–H and O–H groups in total. The molecule has 4 atom stereocenters. The van der Waals surface area contributed by atoms with E-state index in [2.05, 4.69) is 5.32 Å². The lowest BCUT2D eigenvalue weighted by molar-refractivity contribution is -0.126. The molecule has 0 bridgehead atoms. The third-order valence-electron chi connectivity index (χ3n) is 4.04. The number of amides is 1. The Morgan fingerprint density at radius 2 is 2.32 bits per heavy atom. The fourth-order valence-electron chi connectivity index (χ4n) is 2.81. The summed E-state index contributed by atoms with van der Waals surface area (Å²) in [5.41, 5.74) is 5.91. The van der Waals surface area contributed by atoms with Crippen molar-refractivity contribution in [2.45, 2.75) is 69.7 Å².